The zero-order chi connectivity index (χ0) is 14.9. The van der Waals surface area contributed by atoms with E-state index >= 15 is 0 Å². The van der Waals surface area contributed by atoms with Crippen molar-refractivity contribution in [2.24, 2.45) is 0 Å². The fourth-order valence-corrected chi connectivity index (χ4v) is 4.06. The van der Waals surface area contributed by atoms with E-state index in [1.807, 2.05) is 0 Å². The molecule has 0 aliphatic carbocycles. The molecule has 0 unspecified atom stereocenters. The second-order valence-corrected chi connectivity index (χ2v) is 7.10. The van der Waals surface area contributed by atoms with Gasteiger partial charge in [-0.15, -0.1) is 11.3 Å². The molecule has 10 heteroatoms. The fraction of sp³-hybridized carbons (Fsp3) is 0. The van der Waals surface area contributed by atoms with Crippen LogP contribution in [0.15, 0.2) is 27.9 Å². The average molecular weight is 353 g/mol. The lowest BCUT2D eigenvalue weighted by molar-refractivity contribution is 0.0687. The van der Waals surface area contributed by atoms with Crippen LogP contribution in [0.4, 0.5) is 5.69 Å². The Morgan fingerprint density at radius 1 is 1.35 bits per heavy atom. The standard InChI is InChI=1S/C10H6Cl2N2O4S2/c11-5-1-2-7(6(12)3-5)14-20(17,18)10-8(9(15)16)13-4-19-10/h1-4,14H,(H,15,16). The van der Waals surface area contributed by atoms with Crippen molar-refractivity contribution >= 4 is 56.2 Å². The predicted octanol–water partition coefficient (Wildman–Crippen LogP) is 2.95. The summed E-state index contributed by atoms with van der Waals surface area (Å²) in [5.74, 6) is -1.42. The quantitative estimate of drug-likeness (QED) is 0.881. The molecule has 0 amide bonds. The molecule has 1 heterocycles. The first kappa shape index (κ1) is 15.0. The third-order valence-corrected chi connectivity index (χ3v) is 5.44. The van der Waals surface area contributed by atoms with Gasteiger partial charge in [0.2, 0.25) is 0 Å². The topological polar surface area (TPSA) is 96.4 Å². The van der Waals surface area contributed by atoms with Gasteiger partial charge in [0.05, 0.1) is 16.2 Å². The number of hydrogen-bond donors (Lipinski definition) is 2. The van der Waals surface area contributed by atoms with E-state index in [2.05, 4.69) is 9.71 Å². The molecule has 2 aromatic rings. The van der Waals surface area contributed by atoms with Crippen molar-refractivity contribution in [3.05, 3.63) is 39.4 Å². The summed E-state index contributed by atoms with van der Waals surface area (Å²) in [6.07, 6.45) is 0. The van der Waals surface area contributed by atoms with Gasteiger partial charge in [-0.25, -0.2) is 18.2 Å². The Bertz CT molecular complexity index is 773. The van der Waals surface area contributed by atoms with Crippen molar-refractivity contribution in [2.45, 2.75) is 4.21 Å². The SMILES string of the molecule is O=C(O)c1ncsc1S(=O)(=O)Nc1ccc(Cl)cc1Cl. The first-order chi connectivity index (χ1) is 9.31. The van der Waals surface area contributed by atoms with Crippen LogP contribution in [0.25, 0.3) is 0 Å². The van der Waals surface area contributed by atoms with E-state index in [0.717, 1.165) is 5.51 Å². The molecule has 0 saturated heterocycles. The van der Waals surface area contributed by atoms with Crippen LogP contribution in [-0.4, -0.2) is 24.5 Å². The minimum absolute atomic E-state index is 0.0980. The number of carboxylic acid groups (broad SMARTS) is 1. The molecule has 6 nitrogen and oxygen atoms in total. The third kappa shape index (κ3) is 3.04. The van der Waals surface area contributed by atoms with E-state index in [9.17, 15) is 13.2 Å². The summed E-state index contributed by atoms with van der Waals surface area (Å²) in [5.41, 5.74) is 0.704. The van der Waals surface area contributed by atoms with Crippen LogP contribution in [0.5, 0.6) is 0 Å². The molecule has 0 bridgehead atoms. The minimum Gasteiger partial charge on any atom is -0.476 e. The molecule has 0 saturated carbocycles. The number of nitrogens with zero attached hydrogens (tertiary/aromatic N) is 1. The number of thiazole rings is 1. The van der Waals surface area contributed by atoms with Crippen LogP contribution < -0.4 is 4.72 Å². The Morgan fingerprint density at radius 3 is 2.65 bits per heavy atom. The van der Waals surface area contributed by atoms with Gasteiger partial charge in [-0.05, 0) is 18.2 Å². The zero-order valence-electron chi connectivity index (χ0n) is 9.50. The number of carbonyl (C=O) groups is 1. The van der Waals surface area contributed by atoms with E-state index in [4.69, 9.17) is 28.3 Å². The number of anilines is 1. The highest BCUT2D eigenvalue weighted by Crippen LogP contribution is 2.29. The summed E-state index contributed by atoms with van der Waals surface area (Å²) >= 11 is 12.3. The van der Waals surface area contributed by atoms with Crippen molar-refractivity contribution in [1.82, 2.24) is 4.98 Å². The fourth-order valence-electron chi connectivity index (χ4n) is 1.33. The lowest BCUT2D eigenvalue weighted by Gasteiger charge is -2.08. The summed E-state index contributed by atoms with van der Waals surface area (Å²) in [6.45, 7) is 0. The van der Waals surface area contributed by atoms with Gasteiger partial charge in [-0.2, -0.15) is 0 Å². The molecule has 106 valence electrons. The second kappa shape index (κ2) is 5.57. The normalized spacial score (nSPS) is 11.3. The van der Waals surface area contributed by atoms with Crippen LogP contribution in [0, 0.1) is 0 Å². The lowest BCUT2D eigenvalue weighted by atomic mass is 10.3. The third-order valence-electron chi connectivity index (χ3n) is 2.16. The molecule has 20 heavy (non-hydrogen) atoms. The Hall–Kier alpha value is -1.35. The molecule has 0 aliphatic rings. The highest BCUT2D eigenvalue weighted by molar-refractivity contribution is 7.94. The van der Waals surface area contributed by atoms with E-state index in [0.29, 0.717) is 16.4 Å². The van der Waals surface area contributed by atoms with Gasteiger partial charge in [0.1, 0.15) is 0 Å². The second-order valence-electron chi connectivity index (χ2n) is 3.52. The van der Waals surface area contributed by atoms with E-state index in [1.165, 1.54) is 18.2 Å². The molecule has 0 radical (unpaired) electrons. The Balaban J connectivity index is 2.41. The zero-order valence-corrected chi connectivity index (χ0v) is 12.6. The van der Waals surface area contributed by atoms with Crippen molar-refractivity contribution in [3.8, 4) is 0 Å². The largest absolute Gasteiger partial charge is 0.476 e. The summed E-state index contributed by atoms with van der Waals surface area (Å²) in [4.78, 5) is 14.4. The first-order valence-corrected chi connectivity index (χ1v) is 8.08. The number of hydrogen-bond acceptors (Lipinski definition) is 5. The molecule has 2 N–H and O–H groups in total. The summed E-state index contributed by atoms with van der Waals surface area (Å²) in [6, 6.07) is 4.20. The average Bonchev–Trinajstić information content (AvgIpc) is 2.82. The van der Waals surface area contributed by atoms with Crippen molar-refractivity contribution in [2.75, 3.05) is 4.72 Å². The van der Waals surface area contributed by atoms with Gasteiger partial charge in [0, 0.05) is 5.02 Å². The number of carboxylic acids is 1. The summed E-state index contributed by atoms with van der Waals surface area (Å²) in [7, 11) is -4.08. The van der Waals surface area contributed by atoms with Gasteiger partial charge in [-0.1, -0.05) is 23.2 Å². The highest BCUT2D eigenvalue weighted by Gasteiger charge is 2.26. The smallest absolute Gasteiger partial charge is 0.356 e. The number of rotatable bonds is 4. The molecular formula is C10H6Cl2N2O4S2. The number of sulfonamides is 1. The number of nitrogens with one attached hydrogen (secondary N) is 1. The Labute approximate surface area is 128 Å². The van der Waals surface area contributed by atoms with Crippen LogP contribution in [0.3, 0.4) is 0 Å². The maximum absolute atomic E-state index is 12.1. The monoisotopic (exact) mass is 352 g/mol. The maximum atomic E-state index is 12.1. The van der Waals surface area contributed by atoms with Crippen molar-refractivity contribution < 1.29 is 18.3 Å². The number of aromatic nitrogens is 1. The van der Waals surface area contributed by atoms with E-state index in [1.54, 1.807) is 0 Å². The van der Waals surface area contributed by atoms with Gasteiger partial charge in [0.25, 0.3) is 10.0 Å². The maximum Gasteiger partial charge on any atom is 0.356 e. The van der Waals surface area contributed by atoms with Gasteiger partial charge in [-0.3, -0.25) is 4.72 Å². The molecule has 0 atom stereocenters. The molecule has 1 aromatic carbocycles. The Morgan fingerprint density at radius 2 is 2.05 bits per heavy atom. The van der Waals surface area contributed by atoms with Crippen molar-refractivity contribution in [1.29, 1.82) is 0 Å². The lowest BCUT2D eigenvalue weighted by Crippen LogP contribution is -2.15. The van der Waals surface area contributed by atoms with Gasteiger partial charge >= 0.3 is 5.97 Å². The van der Waals surface area contributed by atoms with Crippen LogP contribution in [-0.2, 0) is 10.0 Å². The summed E-state index contributed by atoms with van der Waals surface area (Å²) in [5, 5.41) is 9.33. The molecular weight excluding hydrogens is 347 g/mol. The molecule has 1 aromatic heterocycles. The Kier molecular flexibility index (Phi) is 4.19. The number of benzene rings is 1. The molecule has 0 spiro atoms. The number of halogens is 2. The van der Waals surface area contributed by atoms with Gasteiger partial charge < -0.3 is 5.11 Å². The predicted molar refractivity (Wildman–Crippen MR) is 76.3 cm³/mol. The summed E-state index contributed by atoms with van der Waals surface area (Å²) < 4.78 is 26.1. The van der Waals surface area contributed by atoms with E-state index in [-0.39, 0.29) is 10.7 Å². The van der Waals surface area contributed by atoms with Gasteiger partial charge in [0.15, 0.2) is 9.90 Å². The highest BCUT2D eigenvalue weighted by atomic mass is 35.5. The molecule has 0 fully saturated rings. The van der Waals surface area contributed by atoms with Crippen LogP contribution in [0.1, 0.15) is 10.5 Å². The van der Waals surface area contributed by atoms with E-state index < -0.39 is 25.9 Å². The van der Waals surface area contributed by atoms with Crippen molar-refractivity contribution in [3.63, 3.8) is 0 Å². The molecule has 0 aliphatic heterocycles. The first-order valence-electron chi connectivity index (χ1n) is 4.96. The van der Waals surface area contributed by atoms with Crippen LogP contribution >= 0.6 is 34.5 Å². The minimum atomic E-state index is -4.08. The number of aromatic carboxylic acids is 1. The van der Waals surface area contributed by atoms with Crippen LogP contribution in [0.2, 0.25) is 10.0 Å². The molecule has 2 rings (SSSR count).